The summed E-state index contributed by atoms with van der Waals surface area (Å²) in [5, 5.41) is 99.7. The molecule has 2 saturated heterocycles. The van der Waals surface area contributed by atoms with Gasteiger partial charge in [0.05, 0.1) is 19.8 Å². The molecule has 0 bridgehead atoms. The van der Waals surface area contributed by atoms with Crippen molar-refractivity contribution in [2.75, 3.05) is 19.8 Å². The molecule has 45 heavy (non-hydrogen) atoms. The van der Waals surface area contributed by atoms with E-state index in [1.54, 1.807) is 0 Å². The number of ether oxygens (including phenoxy) is 5. The van der Waals surface area contributed by atoms with E-state index in [-0.39, 0.29) is 30.3 Å². The summed E-state index contributed by atoms with van der Waals surface area (Å²) in [5.41, 5.74) is 0.885. The average Bonchev–Trinajstić information content (AvgIpc) is 3.01. The van der Waals surface area contributed by atoms with Gasteiger partial charge in [-0.15, -0.1) is 0 Å². The normalized spacial score (nSPS) is 32.0. The van der Waals surface area contributed by atoms with Crippen LogP contribution in [0, 0.1) is 0 Å². The fourth-order valence-corrected chi connectivity index (χ4v) is 4.70. The second-order valence-electron chi connectivity index (χ2n) is 10.5. The molecule has 0 radical (unpaired) electrons. The number of phenols is 4. The lowest BCUT2D eigenvalue weighted by Crippen LogP contribution is -2.62. The Balaban J connectivity index is 1.45. The molecule has 2 aromatic rings. The first-order valence-corrected chi connectivity index (χ1v) is 13.9. The second-order valence-corrected chi connectivity index (χ2v) is 10.5. The summed E-state index contributed by atoms with van der Waals surface area (Å²) in [7, 11) is 0. The fourth-order valence-electron chi connectivity index (χ4n) is 4.70. The number of hydrogen-bond acceptors (Lipinski definition) is 16. The summed E-state index contributed by atoms with van der Waals surface area (Å²) in [5.74, 6) is -2.45. The molecule has 0 amide bonds. The second kappa shape index (κ2) is 15.2. The van der Waals surface area contributed by atoms with Crippen LogP contribution in [-0.4, -0.2) is 138 Å². The number of benzene rings is 2. The van der Waals surface area contributed by atoms with E-state index in [4.69, 9.17) is 23.7 Å². The average molecular weight is 641 g/mol. The van der Waals surface area contributed by atoms with E-state index in [2.05, 4.69) is 0 Å². The third kappa shape index (κ3) is 8.39. The van der Waals surface area contributed by atoms with Gasteiger partial charge in [0.1, 0.15) is 42.7 Å². The number of hydrogen-bond donors (Lipinski definition) is 10. The van der Waals surface area contributed by atoms with Gasteiger partial charge in [-0.2, -0.15) is 0 Å². The Bertz CT molecular complexity index is 1320. The van der Waals surface area contributed by atoms with Crippen LogP contribution in [-0.2, 0) is 34.9 Å². The van der Waals surface area contributed by atoms with Crippen LogP contribution in [0.4, 0.5) is 0 Å². The first-order valence-electron chi connectivity index (χ1n) is 13.9. The zero-order valence-electron chi connectivity index (χ0n) is 23.6. The standard InChI is InChI=1S/C29H36O16/c30-11-19-22(36)24(38)26(40)28(43-19)42-12-20-23(37)25(39)27(45-21(35)6-3-13-1-4-15(31)17(33)9-13)29(44-20)41-8-7-14-2-5-16(32)18(34)10-14/h1-6,9-10,19-20,22-34,36-40H,7-8,11-12H2/b6-3+/t19-,20-,22-,23-,24+,25+,26-,27-,28-,29-/m1/s1. The van der Waals surface area contributed by atoms with E-state index < -0.39 is 86.3 Å². The van der Waals surface area contributed by atoms with Crippen LogP contribution in [0.15, 0.2) is 42.5 Å². The van der Waals surface area contributed by atoms with Gasteiger partial charge in [0.2, 0.25) is 0 Å². The quantitative estimate of drug-likeness (QED) is 0.0720. The Kier molecular flexibility index (Phi) is 11.6. The molecule has 2 aromatic carbocycles. The molecule has 0 saturated carbocycles. The van der Waals surface area contributed by atoms with Gasteiger partial charge in [0.15, 0.2) is 41.7 Å². The van der Waals surface area contributed by atoms with E-state index in [9.17, 15) is 55.9 Å². The first-order chi connectivity index (χ1) is 21.4. The Labute approximate surface area is 256 Å². The van der Waals surface area contributed by atoms with Gasteiger partial charge in [-0.3, -0.25) is 0 Å². The van der Waals surface area contributed by atoms with Crippen molar-refractivity contribution in [2.24, 2.45) is 0 Å². The predicted octanol–water partition coefficient (Wildman–Crippen LogP) is -2.04. The molecule has 248 valence electrons. The van der Waals surface area contributed by atoms with Gasteiger partial charge in [0.25, 0.3) is 0 Å². The summed E-state index contributed by atoms with van der Waals surface area (Å²) in [4.78, 5) is 12.7. The molecule has 2 aliphatic rings. The summed E-state index contributed by atoms with van der Waals surface area (Å²) in [6, 6.07) is 7.92. The zero-order chi connectivity index (χ0) is 32.8. The number of carbonyl (C=O) groups excluding carboxylic acids is 1. The molecule has 10 atom stereocenters. The van der Waals surface area contributed by atoms with Crippen LogP contribution in [0.1, 0.15) is 11.1 Å². The molecule has 10 N–H and O–H groups in total. The highest BCUT2D eigenvalue weighted by molar-refractivity contribution is 5.87. The van der Waals surface area contributed by atoms with Crippen LogP contribution >= 0.6 is 0 Å². The number of rotatable bonds is 11. The van der Waals surface area contributed by atoms with E-state index in [0.29, 0.717) is 11.1 Å². The minimum atomic E-state index is -1.79. The highest BCUT2D eigenvalue weighted by Crippen LogP contribution is 2.29. The van der Waals surface area contributed by atoms with Crippen LogP contribution < -0.4 is 0 Å². The number of phenolic OH excluding ortho intramolecular Hbond substituents is 4. The molecule has 0 aliphatic carbocycles. The smallest absolute Gasteiger partial charge is 0.331 e. The number of aromatic hydroxyl groups is 4. The molecule has 16 nitrogen and oxygen atoms in total. The van der Waals surface area contributed by atoms with Crippen LogP contribution in [0.3, 0.4) is 0 Å². The van der Waals surface area contributed by atoms with Gasteiger partial charge in [-0.05, 0) is 47.9 Å². The summed E-state index contributed by atoms with van der Waals surface area (Å²) >= 11 is 0. The topological polar surface area (TPSA) is 266 Å². The lowest BCUT2D eigenvalue weighted by Gasteiger charge is -2.43. The SMILES string of the molecule is O=C(/C=C/c1ccc(O)c(O)c1)O[C@H]1[C@H](OCCc2ccc(O)c(O)c2)O[C@H](CO[C@@H]2O[C@H](CO)[C@@H](O)[C@H](O)[C@H]2O)[C@@H](O)[C@@H]1O. The Morgan fingerprint density at radius 1 is 0.733 bits per heavy atom. The minimum absolute atomic E-state index is 0.116. The maximum absolute atomic E-state index is 12.7. The molecule has 0 aromatic heterocycles. The Morgan fingerprint density at radius 2 is 1.38 bits per heavy atom. The van der Waals surface area contributed by atoms with Crippen LogP contribution in [0.2, 0.25) is 0 Å². The maximum Gasteiger partial charge on any atom is 0.331 e. The summed E-state index contributed by atoms with van der Waals surface area (Å²) in [6.45, 7) is -1.37. The van der Waals surface area contributed by atoms with E-state index in [1.165, 1.54) is 42.5 Å². The lowest BCUT2D eigenvalue weighted by molar-refractivity contribution is -0.331. The van der Waals surface area contributed by atoms with Crippen molar-refractivity contribution in [3.05, 3.63) is 53.6 Å². The van der Waals surface area contributed by atoms with E-state index >= 15 is 0 Å². The fraction of sp³-hybridized carbons (Fsp3) is 0.483. The number of aliphatic hydroxyl groups is 6. The number of esters is 1. The monoisotopic (exact) mass is 640 g/mol. The molecule has 4 rings (SSSR count). The minimum Gasteiger partial charge on any atom is -0.504 e. The maximum atomic E-state index is 12.7. The summed E-state index contributed by atoms with van der Waals surface area (Å²) in [6.07, 6.45) is -13.5. The van der Waals surface area contributed by atoms with Crippen molar-refractivity contribution in [1.29, 1.82) is 0 Å². The van der Waals surface area contributed by atoms with Crippen molar-refractivity contribution in [1.82, 2.24) is 0 Å². The highest BCUT2D eigenvalue weighted by Gasteiger charge is 2.49. The van der Waals surface area contributed by atoms with Crippen LogP contribution in [0.25, 0.3) is 6.08 Å². The predicted molar refractivity (Wildman–Crippen MR) is 149 cm³/mol. The van der Waals surface area contributed by atoms with Gasteiger partial charge in [-0.25, -0.2) is 4.79 Å². The zero-order valence-corrected chi connectivity index (χ0v) is 23.6. The largest absolute Gasteiger partial charge is 0.504 e. The molecule has 2 fully saturated rings. The van der Waals surface area contributed by atoms with Crippen molar-refractivity contribution >= 4 is 12.0 Å². The van der Waals surface area contributed by atoms with Gasteiger partial charge in [-0.1, -0.05) is 12.1 Å². The Hall–Kier alpha value is -3.55. The van der Waals surface area contributed by atoms with Crippen LogP contribution in [0.5, 0.6) is 23.0 Å². The molecule has 2 aliphatic heterocycles. The van der Waals surface area contributed by atoms with Crippen molar-refractivity contribution in [2.45, 2.75) is 67.8 Å². The molecular formula is C29H36O16. The third-order valence-corrected chi connectivity index (χ3v) is 7.29. The molecule has 0 unspecified atom stereocenters. The van der Waals surface area contributed by atoms with E-state index in [1.807, 2.05) is 0 Å². The number of aliphatic hydroxyl groups excluding tert-OH is 6. The van der Waals surface area contributed by atoms with Gasteiger partial charge < -0.3 is 74.7 Å². The van der Waals surface area contributed by atoms with Crippen molar-refractivity contribution < 1.29 is 79.5 Å². The van der Waals surface area contributed by atoms with Gasteiger partial charge in [0, 0.05) is 6.08 Å². The van der Waals surface area contributed by atoms with Crippen molar-refractivity contribution in [3.8, 4) is 23.0 Å². The van der Waals surface area contributed by atoms with E-state index in [0.717, 1.165) is 6.08 Å². The highest BCUT2D eigenvalue weighted by atomic mass is 16.7. The molecule has 2 heterocycles. The molecule has 0 spiro atoms. The van der Waals surface area contributed by atoms with Crippen molar-refractivity contribution in [3.63, 3.8) is 0 Å². The molecular weight excluding hydrogens is 604 g/mol. The van der Waals surface area contributed by atoms with Gasteiger partial charge >= 0.3 is 5.97 Å². The third-order valence-electron chi connectivity index (χ3n) is 7.29. The lowest BCUT2D eigenvalue weighted by atomic mass is 9.98. The first kappa shape index (κ1) is 34.3. The molecule has 16 heteroatoms. The Morgan fingerprint density at radius 3 is 2.04 bits per heavy atom. The summed E-state index contributed by atoms with van der Waals surface area (Å²) < 4.78 is 27.6. The number of carbonyl (C=O) groups is 1.